The van der Waals surface area contributed by atoms with Gasteiger partial charge in [0, 0.05) is 37.1 Å². The number of carbonyl (C=O) groups excluding carboxylic acids is 1. The third-order valence-electron chi connectivity index (χ3n) is 4.37. The second-order valence-corrected chi connectivity index (χ2v) is 6.20. The van der Waals surface area contributed by atoms with E-state index in [9.17, 15) is 14.4 Å². The van der Waals surface area contributed by atoms with Crippen LogP contribution in [0.2, 0.25) is 0 Å². The summed E-state index contributed by atoms with van der Waals surface area (Å²) in [6, 6.07) is 10.1. The molecule has 0 aliphatic heterocycles. The highest BCUT2D eigenvalue weighted by Gasteiger charge is 2.14. The Hall–Kier alpha value is -3.09. The fraction of sp³-hybridized carbons (Fsp3) is 0.278. The number of H-pyrrole nitrogens is 1. The summed E-state index contributed by atoms with van der Waals surface area (Å²) >= 11 is 0. The maximum absolute atomic E-state index is 12.5. The molecule has 1 aromatic carbocycles. The van der Waals surface area contributed by atoms with Gasteiger partial charge < -0.3 is 9.47 Å². The number of likely N-dealkylation sites (N-methyl/N-ethyl adjacent to an activating group) is 1. The average molecular weight is 340 g/mol. The van der Waals surface area contributed by atoms with Crippen LogP contribution in [0.3, 0.4) is 0 Å². The molecule has 1 N–H and O–H groups in total. The Labute approximate surface area is 144 Å². The van der Waals surface area contributed by atoms with Crippen LogP contribution in [0.1, 0.15) is 11.3 Å². The molecule has 0 radical (unpaired) electrons. The Morgan fingerprint density at radius 2 is 1.96 bits per heavy atom. The van der Waals surface area contributed by atoms with E-state index in [0.29, 0.717) is 12.1 Å². The third kappa shape index (κ3) is 3.26. The molecule has 0 saturated carbocycles. The van der Waals surface area contributed by atoms with Gasteiger partial charge in [-0.05, 0) is 24.4 Å². The van der Waals surface area contributed by atoms with Crippen molar-refractivity contribution in [3.8, 4) is 0 Å². The first kappa shape index (κ1) is 16.8. The third-order valence-corrected chi connectivity index (χ3v) is 4.37. The Balaban J connectivity index is 1.78. The molecule has 0 bridgehead atoms. The summed E-state index contributed by atoms with van der Waals surface area (Å²) < 4.78 is 3.27. The molecule has 0 fully saturated rings. The largest absolute Gasteiger partial charge is 0.346 e. The molecule has 25 heavy (non-hydrogen) atoms. The van der Waals surface area contributed by atoms with Gasteiger partial charge in [-0.3, -0.25) is 19.1 Å². The number of aromatic amines is 1. The quantitative estimate of drug-likeness (QED) is 0.769. The average Bonchev–Trinajstić information content (AvgIpc) is 2.89. The molecule has 0 spiro atoms. The van der Waals surface area contributed by atoms with Crippen LogP contribution in [0.5, 0.6) is 0 Å². The zero-order valence-corrected chi connectivity index (χ0v) is 14.4. The lowest BCUT2D eigenvalue weighted by atomic mass is 10.2. The molecule has 1 amide bonds. The summed E-state index contributed by atoms with van der Waals surface area (Å²) in [4.78, 5) is 39.5. The predicted octanol–water partition coefficient (Wildman–Crippen LogP) is 0.995. The second kappa shape index (κ2) is 6.43. The van der Waals surface area contributed by atoms with Crippen LogP contribution in [0, 0.1) is 6.92 Å². The van der Waals surface area contributed by atoms with Gasteiger partial charge in [0.25, 0.3) is 5.56 Å². The number of hydrogen-bond donors (Lipinski definition) is 1. The van der Waals surface area contributed by atoms with Crippen LogP contribution in [0.25, 0.3) is 10.9 Å². The number of aromatic nitrogens is 3. The van der Waals surface area contributed by atoms with E-state index >= 15 is 0 Å². The SMILES string of the molecule is Cc1cn(CC(=O)N(C)Cc2cc3ccccc3n2C)c(=O)[nH]c1=O. The van der Waals surface area contributed by atoms with Gasteiger partial charge in [-0.1, -0.05) is 18.2 Å². The van der Waals surface area contributed by atoms with Crippen LogP contribution in [0.15, 0.2) is 46.1 Å². The zero-order valence-electron chi connectivity index (χ0n) is 14.4. The summed E-state index contributed by atoms with van der Waals surface area (Å²) in [5, 5.41) is 1.12. The zero-order chi connectivity index (χ0) is 18.1. The van der Waals surface area contributed by atoms with Crippen LogP contribution >= 0.6 is 0 Å². The highest BCUT2D eigenvalue weighted by Crippen LogP contribution is 2.19. The molecule has 7 heteroatoms. The van der Waals surface area contributed by atoms with Crippen LogP contribution < -0.4 is 11.2 Å². The summed E-state index contributed by atoms with van der Waals surface area (Å²) in [6.07, 6.45) is 1.41. The molecule has 0 aliphatic carbocycles. The van der Waals surface area contributed by atoms with Crippen molar-refractivity contribution >= 4 is 16.8 Å². The highest BCUT2D eigenvalue weighted by atomic mass is 16.2. The Morgan fingerprint density at radius 3 is 2.68 bits per heavy atom. The molecule has 2 heterocycles. The van der Waals surface area contributed by atoms with E-state index in [1.54, 1.807) is 18.9 Å². The molecule has 0 aliphatic rings. The van der Waals surface area contributed by atoms with Crippen LogP contribution in [-0.4, -0.2) is 32.0 Å². The first-order valence-corrected chi connectivity index (χ1v) is 7.94. The van der Waals surface area contributed by atoms with Crippen molar-refractivity contribution in [3.63, 3.8) is 0 Å². The van der Waals surface area contributed by atoms with Crippen molar-refractivity contribution < 1.29 is 4.79 Å². The van der Waals surface area contributed by atoms with Gasteiger partial charge in [0.05, 0.1) is 6.54 Å². The first-order valence-electron chi connectivity index (χ1n) is 7.94. The Bertz CT molecular complexity index is 1060. The predicted molar refractivity (Wildman–Crippen MR) is 95.5 cm³/mol. The number of nitrogens with zero attached hydrogens (tertiary/aromatic N) is 3. The number of amides is 1. The number of rotatable bonds is 4. The second-order valence-electron chi connectivity index (χ2n) is 6.20. The van der Waals surface area contributed by atoms with Crippen molar-refractivity contribution in [2.75, 3.05) is 7.05 Å². The first-order chi connectivity index (χ1) is 11.9. The maximum Gasteiger partial charge on any atom is 0.328 e. The molecule has 130 valence electrons. The van der Waals surface area contributed by atoms with E-state index in [1.165, 1.54) is 10.8 Å². The van der Waals surface area contributed by atoms with E-state index in [4.69, 9.17) is 0 Å². The minimum Gasteiger partial charge on any atom is -0.346 e. The van der Waals surface area contributed by atoms with Gasteiger partial charge in [-0.2, -0.15) is 0 Å². The van der Waals surface area contributed by atoms with Gasteiger partial charge in [0.2, 0.25) is 5.91 Å². The highest BCUT2D eigenvalue weighted by molar-refractivity contribution is 5.81. The number of carbonyl (C=O) groups is 1. The van der Waals surface area contributed by atoms with E-state index < -0.39 is 11.2 Å². The fourth-order valence-corrected chi connectivity index (χ4v) is 2.83. The molecular weight excluding hydrogens is 320 g/mol. The maximum atomic E-state index is 12.5. The lowest BCUT2D eigenvalue weighted by Gasteiger charge is -2.18. The minimum absolute atomic E-state index is 0.114. The number of fused-ring (bicyclic) bond motifs is 1. The van der Waals surface area contributed by atoms with E-state index in [2.05, 4.69) is 15.6 Å². The molecule has 0 unspecified atom stereocenters. The summed E-state index contributed by atoms with van der Waals surface area (Å²) in [5.74, 6) is -0.209. The normalized spacial score (nSPS) is 11.0. The molecule has 0 atom stereocenters. The molecular formula is C18H20N4O3. The van der Waals surface area contributed by atoms with E-state index in [-0.39, 0.29) is 12.5 Å². The number of benzene rings is 1. The molecule has 7 nitrogen and oxygen atoms in total. The van der Waals surface area contributed by atoms with Gasteiger partial charge in [-0.25, -0.2) is 4.79 Å². The van der Waals surface area contributed by atoms with Crippen LogP contribution in [0.4, 0.5) is 0 Å². The Kier molecular flexibility index (Phi) is 4.31. The monoisotopic (exact) mass is 340 g/mol. The van der Waals surface area contributed by atoms with Gasteiger partial charge in [0.1, 0.15) is 6.54 Å². The minimum atomic E-state index is -0.582. The summed E-state index contributed by atoms with van der Waals surface area (Å²) in [5.41, 5.74) is 1.48. The van der Waals surface area contributed by atoms with E-state index in [0.717, 1.165) is 16.6 Å². The smallest absolute Gasteiger partial charge is 0.328 e. The van der Waals surface area contributed by atoms with Gasteiger partial charge >= 0.3 is 5.69 Å². The lowest BCUT2D eigenvalue weighted by Crippen LogP contribution is -2.37. The van der Waals surface area contributed by atoms with Crippen molar-refractivity contribution in [1.82, 2.24) is 19.0 Å². The van der Waals surface area contributed by atoms with Gasteiger partial charge in [0.15, 0.2) is 0 Å². The number of aryl methyl sites for hydroxylation is 2. The molecule has 3 rings (SSSR count). The summed E-state index contributed by atoms with van der Waals surface area (Å²) in [6.45, 7) is 1.91. The number of para-hydroxylation sites is 1. The van der Waals surface area contributed by atoms with Crippen molar-refractivity contribution in [2.24, 2.45) is 7.05 Å². The van der Waals surface area contributed by atoms with Crippen molar-refractivity contribution in [3.05, 3.63) is 68.6 Å². The van der Waals surface area contributed by atoms with Crippen molar-refractivity contribution in [2.45, 2.75) is 20.0 Å². The van der Waals surface area contributed by atoms with Crippen LogP contribution in [-0.2, 0) is 24.9 Å². The summed E-state index contributed by atoms with van der Waals surface area (Å²) in [7, 11) is 3.66. The van der Waals surface area contributed by atoms with E-state index in [1.807, 2.05) is 31.3 Å². The topological polar surface area (TPSA) is 80.1 Å². The molecule has 0 saturated heterocycles. The molecule has 3 aromatic rings. The van der Waals surface area contributed by atoms with Crippen molar-refractivity contribution in [1.29, 1.82) is 0 Å². The van der Waals surface area contributed by atoms with Gasteiger partial charge in [-0.15, -0.1) is 0 Å². The molecule has 2 aromatic heterocycles. The fourth-order valence-electron chi connectivity index (χ4n) is 2.83. The Morgan fingerprint density at radius 1 is 1.24 bits per heavy atom. The number of nitrogens with one attached hydrogen (secondary N) is 1. The number of hydrogen-bond acceptors (Lipinski definition) is 3. The standard InChI is InChI=1S/C18H20N4O3/c1-12-9-22(18(25)19-17(12)24)11-16(23)20(2)10-14-8-13-6-4-5-7-15(13)21(14)3/h4-9H,10-11H2,1-3H3,(H,19,24,25). The lowest BCUT2D eigenvalue weighted by molar-refractivity contribution is -0.131.